The van der Waals surface area contributed by atoms with E-state index in [1.807, 2.05) is 60.7 Å². The van der Waals surface area contributed by atoms with E-state index >= 15 is 0 Å². The highest BCUT2D eigenvalue weighted by Gasteiger charge is 2.63. The molecule has 37 heavy (non-hydrogen) atoms. The molecule has 6 nitrogen and oxygen atoms in total. The summed E-state index contributed by atoms with van der Waals surface area (Å²) in [5, 5.41) is 0. The van der Waals surface area contributed by atoms with Gasteiger partial charge in [0.15, 0.2) is 0 Å². The molecule has 3 saturated heterocycles. The number of hydrogen-bond donors (Lipinski definition) is 0. The van der Waals surface area contributed by atoms with E-state index in [2.05, 4.69) is 0 Å². The molecule has 3 aliphatic rings. The van der Waals surface area contributed by atoms with Gasteiger partial charge in [0.2, 0.25) is 5.91 Å². The van der Waals surface area contributed by atoms with Crippen molar-refractivity contribution in [3.63, 3.8) is 0 Å². The van der Waals surface area contributed by atoms with Gasteiger partial charge in [-0.25, -0.2) is 9.69 Å². The molecule has 0 N–H and O–H groups in total. The van der Waals surface area contributed by atoms with E-state index in [0.717, 1.165) is 28.2 Å². The fourth-order valence-corrected chi connectivity index (χ4v) is 5.90. The summed E-state index contributed by atoms with van der Waals surface area (Å²) in [5.41, 5.74) is 0.574. The molecule has 3 aromatic rings. The number of nitrogens with zero attached hydrogens (tertiary/aromatic N) is 3. The summed E-state index contributed by atoms with van der Waals surface area (Å²) in [4.78, 5) is 44.6. The third-order valence-corrected chi connectivity index (χ3v) is 7.49. The van der Waals surface area contributed by atoms with Gasteiger partial charge in [-0.2, -0.15) is 13.2 Å². The minimum absolute atomic E-state index is 0.122. The number of piperazine rings is 1. The number of urea groups is 1. The van der Waals surface area contributed by atoms with Crippen molar-refractivity contribution in [2.75, 3.05) is 11.4 Å². The molecular formula is C28H22F3N3O3. The molecule has 9 heteroatoms. The summed E-state index contributed by atoms with van der Waals surface area (Å²) in [6, 6.07) is 20.5. The highest BCUT2D eigenvalue weighted by molar-refractivity contribution is 6.22. The van der Waals surface area contributed by atoms with Gasteiger partial charge in [0, 0.05) is 6.54 Å². The van der Waals surface area contributed by atoms with E-state index in [4.69, 9.17) is 0 Å². The summed E-state index contributed by atoms with van der Waals surface area (Å²) >= 11 is 0. The Morgan fingerprint density at radius 2 is 1.49 bits per heavy atom. The van der Waals surface area contributed by atoms with Gasteiger partial charge >= 0.3 is 12.2 Å². The lowest BCUT2D eigenvalue weighted by molar-refractivity contribution is -0.138. The molecule has 0 radical (unpaired) electrons. The second-order valence-corrected chi connectivity index (χ2v) is 9.56. The third kappa shape index (κ3) is 3.68. The third-order valence-electron chi connectivity index (χ3n) is 7.49. The standard InChI is InChI=1S/C28H22F3N3O3/c29-28(30,31)19-12-7-13-20(14-19)34-26(36)24-22-15-21(33(24)27(34)37)16-32(22)25(35)23(17-8-3-1-4-9-17)18-10-5-2-6-11-18/h1-14,21-24H,15-16H2/t21-,22-,24+/m0/s1. The number of carbonyl (C=O) groups excluding carboxylic acids is 3. The Kier molecular flexibility index (Phi) is 5.33. The Morgan fingerprint density at radius 1 is 0.865 bits per heavy atom. The predicted octanol–water partition coefficient (Wildman–Crippen LogP) is 4.66. The Bertz CT molecular complexity index is 1340. The van der Waals surface area contributed by atoms with Gasteiger partial charge < -0.3 is 9.80 Å². The molecule has 0 unspecified atom stereocenters. The summed E-state index contributed by atoms with van der Waals surface area (Å²) in [7, 11) is 0. The molecule has 2 bridgehead atoms. The first-order chi connectivity index (χ1) is 17.8. The first kappa shape index (κ1) is 23.3. The lowest BCUT2D eigenvalue weighted by atomic mass is 9.89. The number of amides is 4. The molecule has 0 spiro atoms. The normalized spacial score (nSPS) is 22.8. The van der Waals surface area contributed by atoms with Gasteiger partial charge in [-0.05, 0) is 35.7 Å². The smallest absolute Gasteiger partial charge is 0.334 e. The number of likely N-dealkylation sites (tertiary alicyclic amines) is 1. The Labute approximate surface area is 210 Å². The van der Waals surface area contributed by atoms with Crippen molar-refractivity contribution >= 4 is 23.5 Å². The van der Waals surface area contributed by atoms with Crippen molar-refractivity contribution in [1.82, 2.24) is 9.80 Å². The summed E-state index contributed by atoms with van der Waals surface area (Å²) < 4.78 is 39.8. The van der Waals surface area contributed by atoms with E-state index in [1.165, 1.54) is 17.0 Å². The van der Waals surface area contributed by atoms with Crippen LogP contribution in [0.4, 0.5) is 23.7 Å². The fraction of sp³-hybridized carbons (Fsp3) is 0.250. The number of halogens is 3. The van der Waals surface area contributed by atoms with Crippen molar-refractivity contribution in [2.45, 2.75) is 36.6 Å². The van der Waals surface area contributed by atoms with E-state index in [1.54, 1.807) is 4.90 Å². The molecule has 3 heterocycles. The molecule has 3 aliphatic heterocycles. The zero-order valence-corrected chi connectivity index (χ0v) is 19.5. The van der Waals surface area contributed by atoms with Gasteiger partial charge in [-0.3, -0.25) is 9.59 Å². The van der Waals surface area contributed by atoms with Gasteiger partial charge in [-0.1, -0.05) is 66.7 Å². The van der Waals surface area contributed by atoms with Gasteiger partial charge in [0.25, 0.3) is 5.91 Å². The zero-order chi connectivity index (χ0) is 25.9. The lowest BCUT2D eigenvalue weighted by Crippen LogP contribution is -2.55. The first-order valence-electron chi connectivity index (χ1n) is 12.0. The van der Waals surface area contributed by atoms with Crippen molar-refractivity contribution in [3.05, 3.63) is 102 Å². The maximum absolute atomic E-state index is 14.0. The number of alkyl halides is 3. The average Bonchev–Trinajstić information content (AvgIpc) is 3.56. The number of benzene rings is 3. The Morgan fingerprint density at radius 3 is 2.08 bits per heavy atom. The fourth-order valence-electron chi connectivity index (χ4n) is 5.90. The molecule has 0 saturated carbocycles. The van der Waals surface area contributed by atoms with E-state index < -0.39 is 41.7 Å². The second kappa shape index (κ2) is 8.47. The first-order valence-corrected chi connectivity index (χ1v) is 12.0. The average molecular weight is 505 g/mol. The van der Waals surface area contributed by atoms with Crippen molar-refractivity contribution in [3.8, 4) is 0 Å². The van der Waals surface area contributed by atoms with E-state index in [9.17, 15) is 27.6 Å². The van der Waals surface area contributed by atoms with Crippen molar-refractivity contribution in [2.24, 2.45) is 0 Å². The van der Waals surface area contributed by atoms with Gasteiger partial charge in [-0.15, -0.1) is 0 Å². The molecule has 3 aromatic carbocycles. The Balaban J connectivity index is 1.32. The summed E-state index contributed by atoms with van der Waals surface area (Å²) in [6.45, 7) is 0.269. The van der Waals surface area contributed by atoms with E-state index in [0.29, 0.717) is 6.42 Å². The van der Waals surface area contributed by atoms with Gasteiger partial charge in [0.1, 0.15) is 6.04 Å². The largest absolute Gasteiger partial charge is 0.416 e. The second-order valence-electron chi connectivity index (χ2n) is 9.56. The van der Waals surface area contributed by atoms with Crippen LogP contribution in [0.5, 0.6) is 0 Å². The molecule has 3 atom stereocenters. The van der Waals surface area contributed by atoms with Crippen LogP contribution < -0.4 is 4.90 Å². The van der Waals surface area contributed by atoms with Crippen LogP contribution in [0, 0.1) is 0 Å². The predicted molar refractivity (Wildman–Crippen MR) is 129 cm³/mol. The van der Waals surface area contributed by atoms with Crippen LogP contribution in [0.2, 0.25) is 0 Å². The molecule has 0 aromatic heterocycles. The molecule has 6 rings (SSSR count). The van der Waals surface area contributed by atoms with Crippen LogP contribution in [0.25, 0.3) is 0 Å². The van der Waals surface area contributed by atoms with Crippen LogP contribution in [0.1, 0.15) is 29.0 Å². The van der Waals surface area contributed by atoms with Crippen LogP contribution >= 0.6 is 0 Å². The molecule has 4 amide bonds. The quantitative estimate of drug-likeness (QED) is 0.485. The minimum atomic E-state index is -4.61. The summed E-state index contributed by atoms with van der Waals surface area (Å²) in [5.74, 6) is -1.35. The highest BCUT2D eigenvalue weighted by Crippen LogP contribution is 2.44. The van der Waals surface area contributed by atoms with Crippen LogP contribution in [0.3, 0.4) is 0 Å². The topological polar surface area (TPSA) is 60.9 Å². The van der Waals surface area contributed by atoms with Crippen molar-refractivity contribution < 1.29 is 27.6 Å². The number of hydrogen-bond acceptors (Lipinski definition) is 3. The van der Waals surface area contributed by atoms with Crippen LogP contribution in [-0.4, -0.2) is 52.3 Å². The van der Waals surface area contributed by atoms with Crippen LogP contribution in [0.15, 0.2) is 84.9 Å². The molecule has 0 aliphatic carbocycles. The van der Waals surface area contributed by atoms with Gasteiger partial charge in [0.05, 0.1) is 29.3 Å². The number of carbonyl (C=O) groups is 3. The Hall–Kier alpha value is -4.14. The lowest BCUT2D eigenvalue weighted by Gasteiger charge is -2.37. The SMILES string of the molecule is O=C1[C@H]2[C@@H]3C[C@@H](CN3C(=O)C(c3ccccc3)c3ccccc3)N2C(=O)N1c1cccc(C(F)(F)F)c1. The monoisotopic (exact) mass is 505 g/mol. The molecule has 188 valence electrons. The summed E-state index contributed by atoms with van der Waals surface area (Å²) in [6.07, 6.45) is -4.15. The maximum atomic E-state index is 14.0. The zero-order valence-electron chi connectivity index (χ0n) is 19.5. The minimum Gasteiger partial charge on any atom is -0.334 e. The van der Waals surface area contributed by atoms with Crippen LogP contribution in [-0.2, 0) is 15.8 Å². The number of rotatable bonds is 4. The van der Waals surface area contributed by atoms with Crippen molar-refractivity contribution in [1.29, 1.82) is 0 Å². The number of imide groups is 1. The molecular weight excluding hydrogens is 483 g/mol. The maximum Gasteiger partial charge on any atom is 0.416 e. The number of fused-ring (bicyclic) bond motifs is 5. The number of anilines is 1. The highest BCUT2D eigenvalue weighted by atomic mass is 19.4. The molecule has 3 fully saturated rings. The van der Waals surface area contributed by atoms with E-state index in [-0.39, 0.29) is 24.2 Å².